The maximum atomic E-state index is 12.2. The van der Waals surface area contributed by atoms with E-state index in [0.29, 0.717) is 17.7 Å². The van der Waals surface area contributed by atoms with E-state index in [9.17, 15) is 9.59 Å². The van der Waals surface area contributed by atoms with Crippen LogP contribution in [0.1, 0.15) is 21.5 Å². The Morgan fingerprint density at radius 2 is 2.04 bits per heavy atom. The van der Waals surface area contributed by atoms with Crippen molar-refractivity contribution in [2.24, 2.45) is 5.10 Å². The molecule has 3 rings (SSSR count). The van der Waals surface area contributed by atoms with Crippen molar-refractivity contribution >= 4 is 33.3 Å². The predicted molar refractivity (Wildman–Crippen MR) is 89.9 cm³/mol. The topological polar surface area (TPSA) is 67.8 Å². The minimum atomic E-state index is -0.425. The zero-order chi connectivity index (χ0) is 16.4. The van der Waals surface area contributed by atoms with Gasteiger partial charge in [0.2, 0.25) is 0 Å². The number of para-hydroxylation sites is 1. The van der Waals surface area contributed by atoms with Crippen molar-refractivity contribution in [1.29, 1.82) is 0 Å². The van der Waals surface area contributed by atoms with Crippen LogP contribution in [0, 0.1) is 0 Å². The number of fused-ring (bicyclic) bond motifs is 1. The minimum absolute atomic E-state index is 0.113. The van der Waals surface area contributed by atoms with Gasteiger partial charge in [0.05, 0.1) is 12.7 Å². The largest absolute Gasteiger partial charge is 0.496 e. The number of methoxy groups -OCH3 is 1. The van der Waals surface area contributed by atoms with Gasteiger partial charge in [0.25, 0.3) is 5.91 Å². The lowest BCUT2D eigenvalue weighted by atomic mass is 10.1. The zero-order valence-corrected chi connectivity index (χ0v) is 13.9. The molecule has 0 aliphatic heterocycles. The van der Waals surface area contributed by atoms with E-state index < -0.39 is 5.91 Å². The van der Waals surface area contributed by atoms with Crippen LogP contribution in [0.4, 0.5) is 0 Å². The van der Waals surface area contributed by atoms with Crippen LogP contribution in [0.25, 0.3) is 0 Å². The normalized spacial score (nSPS) is 14.7. The lowest BCUT2D eigenvalue weighted by Gasteiger charge is -2.07. The van der Waals surface area contributed by atoms with Gasteiger partial charge in [-0.2, -0.15) is 5.10 Å². The first-order valence-electron chi connectivity index (χ1n) is 6.93. The molecule has 6 heteroatoms. The molecule has 0 bridgehead atoms. The number of benzene rings is 2. The van der Waals surface area contributed by atoms with E-state index in [0.717, 1.165) is 15.6 Å². The van der Waals surface area contributed by atoms with Gasteiger partial charge in [-0.3, -0.25) is 9.59 Å². The second-order valence-corrected chi connectivity index (χ2v) is 5.92. The van der Waals surface area contributed by atoms with Crippen molar-refractivity contribution < 1.29 is 14.3 Å². The molecular formula is C17H13BrN2O3. The summed E-state index contributed by atoms with van der Waals surface area (Å²) in [5.41, 5.74) is 4.71. The number of amides is 1. The molecule has 0 aromatic heterocycles. The number of hydrogen-bond acceptors (Lipinski definition) is 4. The first-order chi connectivity index (χ1) is 11.1. The lowest BCUT2D eigenvalue weighted by molar-refractivity contribution is -0.112. The van der Waals surface area contributed by atoms with Crippen LogP contribution < -0.4 is 10.2 Å². The molecule has 5 nitrogen and oxygen atoms in total. The van der Waals surface area contributed by atoms with Gasteiger partial charge in [0.1, 0.15) is 11.5 Å². The molecule has 1 aliphatic rings. The summed E-state index contributed by atoms with van der Waals surface area (Å²) in [6.07, 6.45) is 0.298. The highest BCUT2D eigenvalue weighted by molar-refractivity contribution is 9.10. The van der Waals surface area contributed by atoms with Crippen molar-refractivity contribution in [3.8, 4) is 5.75 Å². The van der Waals surface area contributed by atoms with Crippen molar-refractivity contribution in [2.75, 3.05) is 7.11 Å². The molecule has 0 saturated heterocycles. The van der Waals surface area contributed by atoms with Crippen LogP contribution in [0.15, 0.2) is 52.0 Å². The third-order valence-corrected chi connectivity index (χ3v) is 4.06. The van der Waals surface area contributed by atoms with Gasteiger partial charge < -0.3 is 4.74 Å². The number of hydrazone groups is 1. The summed E-state index contributed by atoms with van der Waals surface area (Å²) >= 11 is 3.38. The number of hydrogen-bond donors (Lipinski definition) is 1. The van der Waals surface area contributed by atoms with Crippen LogP contribution in [0.3, 0.4) is 0 Å². The van der Waals surface area contributed by atoms with E-state index in [1.807, 2.05) is 18.2 Å². The van der Waals surface area contributed by atoms with Crippen LogP contribution in [-0.2, 0) is 11.2 Å². The lowest BCUT2D eigenvalue weighted by Crippen LogP contribution is -2.22. The number of rotatable bonds is 3. The van der Waals surface area contributed by atoms with Crippen LogP contribution in [-0.4, -0.2) is 24.5 Å². The minimum Gasteiger partial charge on any atom is -0.496 e. The standard InChI is InChI=1S/C17H13BrN2O3/c1-23-15-5-3-2-4-12(15)17(22)20-19-16-13-9-11(18)7-6-10(13)8-14(16)21/h2-7,9H,8H2,1H3,(H,20,22)/b19-16+. The second kappa shape index (κ2) is 6.34. The molecule has 0 atom stereocenters. The number of halogens is 1. The number of carbonyl (C=O) groups is 2. The molecule has 1 amide bonds. The molecule has 1 N–H and O–H groups in total. The van der Waals surface area contributed by atoms with Crippen molar-refractivity contribution in [3.05, 3.63) is 63.6 Å². The third kappa shape index (κ3) is 3.03. The van der Waals surface area contributed by atoms with Crippen molar-refractivity contribution in [3.63, 3.8) is 0 Å². The summed E-state index contributed by atoms with van der Waals surface area (Å²) in [7, 11) is 1.49. The van der Waals surface area contributed by atoms with Crippen LogP contribution >= 0.6 is 15.9 Å². The molecular weight excluding hydrogens is 360 g/mol. The predicted octanol–water partition coefficient (Wildman–Crippen LogP) is 2.72. The van der Waals surface area contributed by atoms with Gasteiger partial charge >= 0.3 is 0 Å². The Morgan fingerprint density at radius 1 is 1.26 bits per heavy atom. The molecule has 23 heavy (non-hydrogen) atoms. The number of Topliss-reactive ketones (excluding diaryl/α,β-unsaturated/α-hetero) is 1. The fourth-order valence-corrected chi connectivity index (χ4v) is 2.81. The molecule has 1 aliphatic carbocycles. The summed E-state index contributed by atoms with van der Waals surface area (Å²) in [6.45, 7) is 0. The summed E-state index contributed by atoms with van der Waals surface area (Å²) in [5.74, 6) is -0.0873. The average Bonchev–Trinajstić information content (AvgIpc) is 2.87. The Kier molecular flexibility index (Phi) is 4.25. The van der Waals surface area contributed by atoms with Gasteiger partial charge in [0, 0.05) is 16.5 Å². The smallest absolute Gasteiger partial charge is 0.275 e. The molecule has 2 aromatic carbocycles. The number of carbonyl (C=O) groups excluding carboxylic acids is 2. The maximum absolute atomic E-state index is 12.2. The Hall–Kier alpha value is -2.47. The highest BCUT2D eigenvalue weighted by Gasteiger charge is 2.27. The number of ether oxygens (including phenoxy) is 1. The Morgan fingerprint density at radius 3 is 2.83 bits per heavy atom. The molecule has 116 valence electrons. The van der Waals surface area contributed by atoms with Crippen LogP contribution in [0.5, 0.6) is 5.75 Å². The fraction of sp³-hybridized carbons (Fsp3) is 0.118. The Bertz CT molecular complexity index is 830. The maximum Gasteiger partial charge on any atom is 0.275 e. The Balaban J connectivity index is 1.87. The van der Waals surface area contributed by atoms with Gasteiger partial charge in [-0.1, -0.05) is 34.1 Å². The monoisotopic (exact) mass is 372 g/mol. The first kappa shape index (κ1) is 15.4. The van der Waals surface area contributed by atoms with Crippen LogP contribution in [0.2, 0.25) is 0 Å². The zero-order valence-electron chi connectivity index (χ0n) is 12.3. The first-order valence-corrected chi connectivity index (χ1v) is 7.72. The second-order valence-electron chi connectivity index (χ2n) is 5.00. The highest BCUT2D eigenvalue weighted by Crippen LogP contribution is 2.24. The number of nitrogens with zero attached hydrogens (tertiary/aromatic N) is 1. The quantitative estimate of drug-likeness (QED) is 0.842. The number of nitrogens with one attached hydrogen (secondary N) is 1. The fourth-order valence-electron chi connectivity index (χ4n) is 2.45. The van der Waals surface area contributed by atoms with Gasteiger partial charge in [-0.25, -0.2) is 5.43 Å². The van der Waals surface area contributed by atoms with Gasteiger partial charge in [-0.05, 0) is 29.8 Å². The molecule has 0 saturated carbocycles. The highest BCUT2D eigenvalue weighted by atomic mass is 79.9. The van der Waals surface area contributed by atoms with E-state index in [-0.39, 0.29) is 11.5 Å². The van der Waals surface area contributed by atoms with Crippen molar-refractivity contribution in [2.45, 2.75) is 6.42 Å². The summed E-state index contributed by atoms with van der Waals surface area (Å²) in [4.78, 5) is 24.3. The molecule has 0 radical (unpaired) electrons. The Labute approximate surface area is 141 Å². The summed E-state index contributed by atoms with van der Waals surface area (Å²) in [5, 5.41) is 4.03. The average molecular weight is 373 g/mol. The SMILES string of the molecule is COc1ccccc1C(=O)N/N=C1/C(=O)Cc2ccc(Br)cc21. The summed E-state index contributed by atoms with van der Waals surface area (Å²) < 4.78 is 6.01. The summed E-state index contributed by atoms with van der Waals surface area (Å²) in [6, 6.07) is 12.4. The molecule has 0 heterocycles. The van der Waals surface area contributed by atoms with E-state index in [1.54, 1.807) is 24.3 Å². The van der Waals surface area contributed by atoms with Gasteiger partial charge in [0.15, 0.2) is 5.78 Å². The number of ketones is 1. The third-order valence-electron chi connectivity index (χ3n) is 3.56. The molecule has 0 fully saturated rings. The molecule has 0 unspecified atom stereocenters. The van der Waals surface area contributed by atoms with E-state index >= 15 is 0 Å². The van der Waals surface area contributed by atoms with E-state index in [4.69, 9.17) is 4.74 Å². The molecule has 2 aromatic rings. The van der Waals surface area contributed by atoms with Crippen molar-refractivity contribution in [1.82, 2.24) is 5.43 Å². The van der Waals surface area contributed by atoms with Gasteiger partial charge in [-0.15, -0.1) is 0 Å². The van der Waals surface area contributed by atoms with E-state index in [2.05, 4.69) is 26.5 Å². The molecule has 0 spiro atoms. The van der Waals surface area contributed by atoms with E-state index in [1.165, 1.54) is 7.11 Å².